The largest absolute Gasteiger partial charge is 0.480 e. The Morgan fingerprint density at radius 1 is 1.53 bits per heavy atom. The zero-order chi connectivity index (χ0) is 12.8. The van der Waals surface area contributed by atoms with Gasteiger partial charge in [-0.15, -0.1) is 0 Å². The van der Waals surface area contributed by atoms with Crippen LogP contribution in [0.5, 0.6) is 0 Å². The van der Waals surface area contributed by atoms with Gasteiger partial charge in [-0.1, -0.05) is 6.92 Å². The molecule has 0 radical (unpaired) electrons. The second kappa shape index (κ2) is 6.59. The summed E-state index contributed by atoms with van der Waals surface area (Å²) in [5.41, 5.74) is 0. The van der Waals surface area contributed by atoms with Crippen molar-refractivity contribution in [2.45, 2.75) is 51.7 Å². The number of ether oxygens (including phenoxy) is 1. The lowest BCUT2D eigenvalue weighted by Crippen LogP contribution is -2.42. The highest BCUT2D eigenvalue weighted by Crippen LogP contribution is 2.17. The minimum absolute atomic E-state index is 0.0251. The van der Waals surface area contributed by atoms with Gasteiger partial charge in [0.25, 0.3) is 0 Å². The number of hydrogen-bond acceptors (Lipinski definition) is 3. The van der Waals surface area contributed by atoms with Crippen LogP contribution in [-0.4, -0.2) is 47.2 Å². The average Bonchev–Trinajstić information content (AvgIpc) is 2.77. The van der Waals surface area contributed by atoms with Crippen molar-refractivity contribution < 1.29 is 19.4 Å². The molecule has 1 rings (SSSR count). The van der Waals surface area contributed by atoms with Crippen LogP contribution in [0.3, 0.4) is 0 Å². The fourth-order valence-corrected chi connectivity index (χ4v) is 1.97. The van der Waals surface area contributed by atoms with Gasteiger partial charge in [0.2, 0.25) is 5.91 Å². The van der Waals surface area contributed by atoms with E-state index in [1.807, 2.05) is 13.8 Å². The molecule has 1 aliphatic rings. The van der Waals surface area contributed by atoms with Crippen LogP contribution >= 0.6 is 0 Å². The van der Waals surface area contributed by atoms with Crippen molar-refractivity contribution in [1.82, 2.24) is 4.90 Å². The van der Waals surface area contributed by atoms with Crippen LogP contribution in [-0.2, 0) is 14.3 Å². The molecule has 0 aromatic heterocycles. The third-order valence-electron chi connectivity index (χ3n) is 3.18. The highest BCUT2D eigenvalue weighted by Gasteiger charge is 2.26. The first-order valence-electron chi connectivity index (χ1n) is 6.17. The van der Waals surface area contributed by atoms with Gasteiger partial charge in [-0.25, -0.2) is 0 Å². The van der Waals surface area contributed by atoms with Crippen molar-refractivity contribution in [1.29, 1.82) is 0 Å². The van der Waals surface area contributed by atoms with Crippen molar-refractivity contribution in [3.8, 4) is 0 Å². The Morgan fingerprint density at radius 2 is 2.24 bits per heavy atom. The molecule has 17 heavy (non-hydrogen) atoms. The molecule has 2 unspecified atom stereocenters. The first-order chi connectivity index (χ1) is 8.04. The van der Waals surface area contributed by atoms with Crippen molar-refractivity contribution in [3.05, 3.63) is 0 Å². The summed E-state index contributed by atoms with van der Waals surface area (Å²) in [5.74, 6) is -1.08. The second-order valence-corrected chi connectivity index (χ2v) is 4.51. The van der Waals surface area contributed by atoms with Crippen molar-refractivity contribution in [2.24, 2.45) is 0 Å². The minimum Gasteiger partial charge on any atom is -0.480 e. The van der Waals surface area contributed by atoms with E-state index >= 15 is 0 Å². The van der Waals surface area contributed by atoms with Crippen LogP contribution in [0, 0.1) is 0 Å². The Hall–Kier alpha value is -1.10. The minimum atomic E-state index is -0.967. The zero-order valence-electron chi connectivity index (χ0n) is 10.5. The van der Waals surface area contributed by atoms with E-state index in [9.17, 15) is 9.59 Å². The summed E-state index contributed by atoms with van der Waals surface area (Å²) in [4.78, 5) is 24.2. The highest BCUT2D eigenvalue weighted by molar-refractivity contribution is 5.82. The van der Waals surface area contributed by atoms with E-state index in [1.165, 1.54) is 4.90 Å². The molecule has 5 nitrogen and oxygen atoms in total. The van der Waals surface area contributed by atoms with Crippen LogP contribution < -0.4 is 0 Å². The number of carboxylic acids is 1. The third-order valence-corrected chi connectivity index (χ3v) is 3.18. The number of carbonyl (C=O) groups excluding carboxylic acids is 1. The van der Waals surface area contributed by atoms with Gasteiger partial charge >= 0.3 is 5.97 Å². The topological polar surface area (TPSA) is 66.8 Å². The summed E-state index contributed by atoms with van der Waals surface area (Å²) < 4.78 is 5.40. The molecule has 1 saturated heterocycles. The maximum Gasteiger partial charge on any atom is 0.323 e. The smallest absolute Gasteiger partial charge is 0.323 e. The quantitative estimate of drug-likeness (QED) is 0.762. The van der Waals surface area contributed by atoms with E-state index in [-0.39, 0.29) is 24.6 Å². The molecule has 0 spiro atoms. The summed E-state index contributed by atoms with van der Waals surface area (Å²) in [6, 6.07) is -0.0417. The molecule has 1 heterocycles. The van der Waals surface area contributed by atoms with E-state index in [0.29, 0.717) is 13.0 Å². The molecule has 5 heteroatoms. The predicted octanol–water partition coefficient (Wildman–Crippen LogP) is 1.27. The molecular formula is C12H21NO4. The summed E-state index contributed by atoms with van der Waals surface area (Å²) in [5, 5.41) is 8.81. The molecule has 1 N–H and O–H groups in total. The van der Waals surface area contributed by atoms with Crippen LogP contribution in [0.1, 0.15) is 39.5 Å². The third kappa shape index (κ3) is 4.34. The summed E-state index contributed by atoms with van der Waals surface area (Å²) in [7, 11) is 0. The Balaban J connectivity index is 2.54. The SMILES string of the molecule is CCC(C)N(CC(=O)O)C(=O)CC1CCCO1. The van der Waals surface area contributed by atoms with Crippen LogP contribution in [0.4, 0.5) is 0 Å². The van der Waals surface area contributed by atoms with E-state index in [2.05, 4.69) is 0 Å². The van der Waals surface area contributed by atoms with Crippen LogP contribution in [0.25, 0.3) is 0 Å². The van der Waals surface area contributed by atoms with Gasteiger partial charge in [-0.05, 0) is 26.2 Å². The fourth-order valence-electron chi connectivity index (χ4n) is 1.97. The van der Waals surface area contributed by atoms with Crippen molar-refractivity contribution in [2.75, 3.05) is 13.2 Å². The molecule has 0 bridgehead atoms. The number of nitrogens with zero attached hydrogens (tertiary/aromatic N) is 1. The van der Waals surface area contributed by atoms with Gasteiger partial charge in [0, 0.05) is 12.6 Å². The van der Waals surface area contributed by atoms with Crippen LogP contribution in [0.2, 0.25) is 0 Å². The Labute approximate surface area is 102 Å². The Kier molecular flexibility index (Phi) is 5.41. The van der Waals surface area contributed by atoms with Gasteiger partial charge in [0.15, 0.2) is 0 Å². The molecule has 1 amide bonds. The standard InChI is InChI=1S/C12H21NO4/c1-3-9(2)13(8-12(15)16)11(14)7-10-5-4-6-17-10/h9-10H,3-8H2,1-2H3,(H,15,16). The first-order valence-corrected chi connectivity index (χ1v) is 6.17. The molecule has 0 aromatic carbocycles. The van der Waals surface area contributed by atoms with E-state index < -0.39 is 5.97 Å². The normalized spacial score (nSPS) is 21.2. The highest BCUT2D eigenvalue weighted by atomic mass is 16.5. The Morgan fingerprint density at radius 3 is 2.71 bits per heavy atom. The summed E-state index contributed by atoms with van der Waals surface area (Å²) >= 11 is 0. The number of carboxylic acid groups (broad SMARTS) is 1. The Bertz CT molecular complexity index is 274. The number of amides is 1. The van der Waals surface area contributed by atoms with Gasteiger partial charge in [-0.3, -0.25) is 9.59 Å². The number of aliphatic carboxylic acids is 1. The summed E-state index contributed by atoms with van der Waals surface area (Å²) in [6.45, 7) is 4.30. The van der Waals surface area contributed by atoms with Gasteiger partial charge in [-0.2, -0.15) is 0 Å². The zero-order valence-corrected chi connectivity index (χ0v) is 10.5. The molecule has 0 saturated carbocycles. The first kappa shape index (κ1) is 14.0. The summed E-state index contributed by atoms with van der Waals surface area (Å²) in [6.07, 6.45) is 2.91. The maximum absolute atomic E-state index is 12.0. The molecule has 1 fully saturated rings. The predicted molar refractivity (Wildman–Crippen MR) is 62.7 cm³/mol. The molecular weight excluding hydrogens is 222 g/mol. The molecule has 0 aliphatic carbocycles. The number of hydrogen-bond donors (Lipinski definition) is 1. The number of rotatable bonds is 6. The lowest BCUT2D eigenvalue weighted by Gasteiger charge is -2.27. The molecule has 2 atom stereocenters. The van der Waals surface area contributed by atoms with Crippen molar-refractivity contribution in [3.63, 3.8) is 0 Å². The monoisotopic (exact) mass is 243 g/mol. The molecule has 98 valence electrons. The van der Waals surface area contributed by atoms with Gasteiger partial charge < -0.3 is 14.7 Å². The number of carbonyl (C=O) groups is 2. The lowest BCUT2D eigenvalue weighted by atomic mass is 10.1. The second-order valence-electron chi connectivity index (χ2n) is 4.51. The molecule has 0 aromatic rings. The lowest BCUT2D eigenvalue weighted by molar-refractivity contribution is -0.147. The molecule has 1 aliphatic heterocycles. The fraction of sp³-hybridized carbons (Fsp3) is 0.833. The van der Waals surface area contributed by atoms with E-state index in [4.69, 9.17) is 9.84 Å². The van der Waals surface area contributed by atoms with E-state index in [1.54, 1.807) is 0 Å². The van der Waals surface area contributed by atoms with E-state index in [0.717, 1.165) is 19.3 Å². The van der Waals surface area contributed by atoms with Crippen molar-refractivity contribution >= 4 is 11.9 Å². The van der Waals surface area contributed by atoms with Gasteiger partial charge in [0.05, 0.1) is 12.5 Å². The van der Waals surface area contributed by atoms with Crippen LogP contribution in [0.15, 0.2) is 0 Å². The van der Waals surface area contributed by atoms with Gasteiger partial charge in [0.1, 0.15) is 6.54 Å². The maximum atomic E-state index is 12.0. The average molecular weight is 243 g/mol.